The van der Waals surface area contributed by atoms with Crippen molar-refractivity contribution in [2.75, 3.05) is 0 Å². The first-order valence-corrected chi connectivity index (χ1v) is 5.83. The van der Waals surface area contributed by atoms with Gasteiger partial charge in [0.25, 0.3) is 0 Å². The van der Waals surface area contributed by atoms with Crippen molar-refractivity contribution in [2.24, 2.45) is 0 Å². The smallest absolute Gasteiger partial charge is 0.244 e. The van der Waals surface area contributed by atoms with Crippen molar-refractivity contribution in [3.05, 3.63) is 48.8 Å². The van der Waals surface area contributed by atoms with Gasteiger partial charge in [0.15, 0.2) is 0 Å². The largest absolute Gasteiger partial charge is 0.257 e. The molecule has 0 radical (unpaired) electrons. The summed E-state index contributed by atoms with van der Waals surface area (Å²) in [5, 5.41) is 0. The fourth-order valence-corrected chi connectivity index (χ4v) is 1.68. The van der Waals surface area contributed by atoms with Gasteiger partial charge in [-0.25, -0.2) is 9.13 Å². The highest BCUT2D eigenvalue weighted by Gasteiger charge is 2.04. The summed E-state index contributed by atoms with van der Waals surface area (Å²) in [6.07, 6.45) is 10.7. The number of hydrogen-bond acceptors (Lipinski definition) is 1. The normalized spacial score (nSPS) is 10.6. The minimum Gasteiger partial charge on any atom is -0.257 e. The highest BCUT2D eigenvalue weighted by molar-refractivity contribution is 5.01. The second-order valence-corrected chi connectivity index (χ2v) is 4.00. The number of hydrogen-bond donors (Lipinski definition) is 0. The van der Waals surface area contributed by atoms with Crippen LogP contribution in [0.2, 0.25) is 0 Å². The van der Waals surface area contributed by atoms with Gasteiger partial charge in [-0.3, -0.25) is 4.98 Å². The fraction of sp³-hybridized carbons (Fsp3) is 0.385. The summed E-state index contributed by atoms with van der Waals surface area (Å²) in [7, 11) is 0. The number of imidazole rings is 1. The molecule has 0 saturated carbocycles. The Balaban J connectivity index is 1.97. The molecular weight excluding hydrogens is 198 g/mol. The maximum absolute atomic E-state index is 4.32. The Morgan fingerprint density at radius 3 is 3.06 bits per heavy atom. The van der Waals surface area contributed by atoms with E-state index in [0.29, 0.717) is 0 Å². The molecule has 2 heterocycles. The number of unbranched alkanes of at least 4 members (excludes halogenated alkanes) is 1. The monoisotopic (exact) mass is 216 g/mol. The standard InChI is InChI=1S/C13H18N3/c1-2-3-8-15-9-10-16(12-15)11-13-6-4-5-7-14-13/h4-7,9-10,12H,2-3,8,11H2,1H3/q+1. The van der Waals surface area contributed by atoms with E-state index in [1.807, 2.05) is 18.3 Å². The highest BCUT2D eigenvalue weighted by atomic mass is 15.1. The lowest BCUT2D eigenvalue weighted by Gasteiger charge is -1.95. The van der Waals surface area contributed by atoms with E-state index in [0.717, 1.165) is 18.8 Å². The van der Waals surface area contributed by atoms with Crippen LogP contribution in [0.1, 0.15) is 25.5 Å². The zero-order valence-electron chi connectivity index (χ0n) is 9.71. The lowest BCUT2D eigenvalue weighted by atomic mass is 10.3. The topological polar surface area (TPSA) is 21.7 Å². The number of aromatic nitrogens is 3. The molecule has 0 N–H and O–H groups in total. The van der Waals surface area contributed by atoms with Crippen LogP contribution in [0, 0.1) is 0 Å². The molecule has 0 atom stereocenters. The predicted octanol–water partition coefficient (Wildman–Crippen LogP) is 2.02. The van der Waals surface area contributed by atoms with Crippen LogP contribution in [-0.2, 0) is 13.1 Å². The van der Waals surface area contributed by atoms with Crippen molar-refractivity contribution >= 4 is 0 Å². The van der Waals surface area contributed by atoms with Crippen LogP contribution in [0.5, 0.6) is 0 Å². The van der Waals surface area contributed by atoms with Crippen molar-refractivity contribution in [3.63, 3.8) is 0 Å². The number of pyridine rings is 1. The molecule has 0 bridgehead atoms. The average Bonchev–Trinajstić information content (AvgIpc) is 2.75. The first-order chi connectivity index (χ1) is 7.88. The van der Waals surface area contributed by atoms with E-state index < -0.39 is 0 Å². The number of nitrogens with zero attached hydrogens (tertiary/aromatic N) is 3. The summed E-state index contributed by atoms with van der Waals surface area (Å²) in [4.78, 5) is 4.32. The molecule has 2 rings (SSSR count). The number of aryl methyl sites for hydroxylation is 1. The summed E-state index contributed by atoms with van der Waals surface area (Å²) in [6.45, 7) is 4.16. The van der Waals surface area contributed by atoms with Crippen LogP contribution in [-0.4, -0.2) is 9.55 Å². The summed E-state index contributed by atoms with van der Waals surface area (Å²) in [6, 6.07) is 6.02. The van der Waals surface area contributed by atoms with Crippen molar-refractivity contribution in [1.29, 1.82) is 0 Å². The van der Waals surface area contributed by atoms with Crippen molar-refractivity contribution in [3.8, 4) is 0 Å². The maximum Gasteiger partial charge on any atom is 0.244 e. The Morgan fingerprint density at radius 1 is 1.38 bits per heavy atom. The molecule has 0 aromatic carbocycles. The van der Waals surface area contributed by atoms with Crippen LogP contribution < -0.4 is 4.57 Å². The van der Waals surface area contributed by atoms with E-state index in [9.17, 15) is 0 Å². The molecule has 16 heavy (non-hydrogen) atoms. The third-order valence-electron chi connectivity index (χ3n) is 2.59. The van der Waals surface area contributed by atoms with Crippen LogP contribution in [0.25, 0.3) is 0 Å². The first-order valence-electron chi connectivity index (χ1n) is 5.83. The molecule has 0 saturated heterocycles. The van der Waals surface area contributed by atoms with E-state index in [4.69, 9.17) is 0 Å². The minimum absolute atomic E-state index is 0.847. The van der Waals surface area contributed by atoms with Gasteiger partial charge in [0.1, 0.15) is 18.9 Å². The second kappa shape index (κ2) is 5.45. The van der Waals surface area contributed by atoms with E-state index in [2.05, 4.69) is 45.8 Å². The van der Waals surface area contributed by atoms with Crippen LogP contribution in [0.3, 0.4) is 0 Å². The summed E-state index contributed by atoms with van der Waals surface area (Å²) >= 11 is 0. The molecule has 0 amide bonds. The third kappa shape index (κ3) is 2.92. The van der Waals surface area contributed by atoms with Crippen LogP contribution in [0.4, 0.5) is 0 Å². The molecule has 84 valence electrons. The van der Waals surface area contributed by atoms with Gasteiger partial charge in [0.2, 0.25) is 6.33 Å². The molecule has 0 spiro atoms. The maximum atomic E-state index is 4.32. The Bertz CT molecular complexity index is 420. The molecule has 2 aromatic rings. The SMILES string of the molecule is CCCCn1cc[n+](Cc2ccccn2)c1. The second-order valence-electron chi connectivity index (χ2n) is 4.00. The lowest BCUT2D eigenvalue weighted by molar-refractivity contribution is -0.688. The van der Waals surface area contributed by atoms with Crippen molar-refractivity contribution in [2.45, 2.75) is 32.9 Å². The fourth-order valence-electron chi connectivity index (χ4n) is 1.68. The van der Waals surface area contributed by atoms with E-state index in [1.54, 1.807) is 0 Å². The molecular formula is C13H18N3+. The van der Waals surface area contributed by atoms with Gasteiger partial charge in [-0.1, -0.05) is 19.4 Å². The molecule has 0 fully saturated rings. The van der Waals surface area contributed by atoms with Gasteiger partial charge >= 0.3 is 0 Å². The quantitative estimate of drug-likeness (QED) is 0.701. The van der Waals surface area contributed by atoms with E-state index >= 15 is 0 Å². The van der Waals surface area contributed by atoms with Gasteiger partial charge in [-0.15, -0.1) is 0 Å². The van der Waals surface area contributed by atoms with E-state index in [1.165, 1.54) is 12.8 Å². The molecule has 0 aliphatic carbocycles. The van der Waals surface area contributed by atoms with Gasteiger partial charge < -0.3 is 0 Å². The summed E-state index contributed by atoms with van der Waals surface area (Å²) < 4.78 is 4.39. The van der Waals surface area contributed by atoms with Crippen molar-refractivity contribution in [1.82, 2.24) is 9.55 Å². The Labute approximate surface area is 96.4 Å². The Hall–Kier alpha value is -1.64. The lowest BCUT2D eigenvalue weighted by Crippen LogP contribution is -2.32. The molecule has 3 nitrogen and oxygen atoms in total. The molecule has 3 heteroatoms. The first kappa shape index (κ1) is 10.9. The van der Waals surface area contributed by atoms with Gasteiger partial charge in [0.05, 0.1) is 12.2 Å². The predicted molar refractivity (Wildman–Crippen MR) is 62.9 cm³/mol. The molecule has 0 aliphatic rings. The van der Waals surface area contributed by atoms with Crippen molar-refractivity contribution < 1.29 is 4.57 Å². The molecule has 0 aliphatic heterocycles. The third-order valence-corrected chi connectivity index (χ3v) is 2.59. The molecule has 2 aromatic heterocycles. The Kier molecular flexibility index (Phi) is 3.70. The number of rotatable bonds is 5. The minimum atomic E-state index is 0.847. The zero-order valence-corrected chi connectivity index (χ0v) is 9.71. The zero-order chi connectivity index (χ0) is 11.2. The van der Waals surface area contributed by atoms with Gasteiger partial charge in [-0.05, 0) is 18.6 Å². The molecule has 0 unspecified atom stereocenters. The van der Waals surface area contributed by atoms with Gasteiger partial charge in [-0.2, -0.15) is 0 Å². The average molecular weight is 216 g/mol. The van der Waals surface area contributed by atoms with Crippen LogP contribution >= 0.6 is 0 Å². The Morgan fingerprint density at radius 2 is 2.31 bits per heavy atom. The summed E-state index contributed by atoms with van der Waals surface area (Å²) in [5.41, 5.74) is 1.10. The summed E-state index contributed by atoms with van der Waals surface area (Å²) in [5.74, 6) is 0. The highest BCUT2D eigenvalue weighted by Crippen LogP contribution is 1.95. The van der Waals surface area contributed by atoms with E-state index in [-0.39, 0.29) is 0 Å². The van der Waals surface area contributed by atoms with Gasteiger partial charge in [0, 0.05) is 6.20 Å². The van der Waals surface area contributed by atoms with Crippen LogP contribution in [0.15, 0.2) is 43.1 Å².